The van der Waals surface area contributed by atoms with Crippen LogP contribution in [0.25, 0.3) is 0 Å². The Balaban J connectivity index is 1.62. The number of hydrogen-bond acceptors (Lipinski definition) is 11. The van der Waals surface area contributed by atoms with Crippen molar-refractivity contribution in [2.45, 2.75) is 50.0 Å². The Morgan fingerprint density at radius 2 is 1.85 bits per heavy atom. The first-order valence-corrected chi connectivity index (χ1v) is 13.3. The summed E-state index contributed by atoms with van der Waals surface area (Å²) in [4.78, 5) is 43.0. The average Bonchev–Trinajstić information content (AvgIpc) is 2.87. The number of primary amides is 1. The largest absolute Gasteiger partial charge is 0.510 e. The maximum Gasteiger partial charge on any atom is 0.255 e. The number of Topliss-reactive ketones (excluding diaryl/α,β-unsaturated/α-hetero) is 2. The van der Waals surface area contributed by atoms with E-state index in [4.69, 9.17) is 10.5 Å². The summed E-state index contributed by atoms with van der Waals surface area (Å²) in [5.74, 6) is -6.48. The molecule has 5 rings (SSSR count). The first-order chi connectivity index (χ1) is 18.8. The number of benzene rings is 1. The fourth-order valence-electron chi connectivity index (χ4n) is 7.05. The van der Waals surface area contributed by atoms with Gasteiger partial charge in [-0.15, -0.1) is 0 Å². The zero-order valence-electron chi connectivity index (χ0n) is 22.7. The number of piperidine rings is 1. The smallest absolute Gasteiger partial charge is 0.255 e. The minimum atomic E-state index is -2.68. The molecule has 4 atom stereocenters. The number of allylic oxidation sites excluding steroid dienone is 1. The number of carbonyl (C=O) groups excluding carboxylic acids is 3. The van der Waals surface area contributed by atoms with Gasteiger partial charge in [0.2, 0.25) is 5.78 Å². The number of aliphatic hydroxyl groups is 4. The fraction of sp³-hybridized carbons (Fsp3) is 0.536. The molecule has 12 heteroatoms. The Kier molecular flexibility index (Phi) is 6.94. The van der Waals surface area contributed by atoms with E-state index in [1.54, 1.807) is 14.1 Å². The van der Waals surface area contributed by atoms with Crippen LogP contribution in [-0.2, 0) is 22.6 Å². The van der Waals surface area contributed by atoms with E-state index in [1.807, 2.05) is 0 Å². The molecule has 4 aliphatic rings. The van der Waals surface area contributed by atoms with Crippen LogP contribution >= 0.6 is 0 Å². The number of hydrogen-bond donors (Lipinski definition) is 6. The molecule has 0 unspecified atom stereocenters. The summed E-state index contributed by atoms with van der Waals surface area (Å²) in [5, 5.41) is 54.8. The monoisotopic (exact) mass is 557 g/mol. The van der Waals surface area contributed by atoms with Crippen molar-refractivity contribution in [2.24, 2.45) is 17.6 Å². The van der Waals surface area contributed by atoms with E-state index in [0.29, 0.717) is 49.4 Å². The van der Waals surface area contributed by atoms with Gasteiger partial charge in [-0.25, -0.2) is 0 Å². The second kappa shape index (κ2) is 9.88. The van der Waals surface area contributed by atoms with E-state index in [2.05, 4.69) is 4.90 Å². The SMILES string of the molecule is COc1c(CN2CCC(O)CC2)cc(O)c2c1C[C@H]1C[C@H]3[C@H](N(C)C)C(O)=C(C(N)=O)C(=O)[C@@]3(O)C(O)=C1C2=O. The van der Waals surface area contributed by atoms with Crippen molar-refractivity contribution in [3.8, 4) is 11.5 Å². The van der Waals surface area contributed by atoms with Crippen molar-refractivity contribution in [3.05, 3.63) is 45.4 Å². The molecule has 1 amide bonds. The van der Waals surface area contributed by atoms with Crippen molar-refractivity contribution in [1.29, 1.82) is 0 Å². The quantitative estimate of drug-likeness (QED) is 0.269. The van der Waals surface area contributed by atoms with Crippen LogP contribution in [0.4, 0.5) is 0 Å². The molecular formula is C28H35N3O9. The third-order valence-electron chi connectivity index (χ3n) is 8.90. The molecule has 1 fully saturated rings. The van der Waals surface area contributed by atoms with E-state index in [9.17, 15) is 39.9 Å². The number of phenolic OH excluding ortho intramolecular Hbond substituents is 1. The zero-order valence-corrected chi connectivity index (χ0v) is 22.7. The topological polar surface area (TPSA) is 194 Å². The van der Waals surface area contributed by atoms with Crippen LogP contribution in [0.3, 0.4) is 0 Å². The van der Waals surface area contributed by atoms with E-state index < -0.39 is 58.0 Å². The number of likely N-dealkylation sites (tertiary alicyclic amines) is 1. The summed E-state index contributed by atoms with van der Waals surface area (Å²) in [7, 11) is 4.64. The molecule has 3 aliphatic carbocycles. The number of aromatic hydroxyl groups is 1. The van der Waals surface area contributed by atoms with Crippen LogP contribution < -0.4 is 10.5 Å². The summed E-state index contributed by atoms with van der Waals surface area (Å²) < 4.78 is 5.75. The zero-order chi connectivity index (χ0) is 29.3. The molecule has 12 nitrogen and oxygen atoms in total. The van der Waals surface area contributed by atoms with Crippen molar-refractivity contribution in [1.82, 2.24) is 9.80 Å². The third-order valence-corrected chi connectivity index (χ3v) is 8.90. The number of likely N-dealkylation sites (N-methyl/N-ethyl adjacent to an activating group) is 1. The van der Waals surface area contributed by atoms with Crippen LogP contribution in [0.2, 0.25) is 0 Å². The highest BCUT2D eigenvalue weighted by atomic mass is 16.5. The third kappa shape index (κ3) is 4.00. The number of methoxy groups -OCH3 is 1. The Bertz CT molecular complexity index is 1360. The molecule has 0 bridgehead atoms. The molecule has 0 spiro atoms. The molecule has 1 heterocycles. The lowest BCUT2D eigenvalue weighted by Crippen LogP contribution is -2.63. The van der Waals surface area contributed by atoms with Gasteiger partial charge in [-0.3, -0.25) is 24.2 Å². The molecule has 1 aromatic rings. The van der Waals surface area contributed by atoms with E-state index in [0.717, 1.165) is 0 Å². The molecule has 1 aliphatic heterocycles. The molecular weight excluding hydrogens is 522 g/mol. The number of aliphatic hydroxyl groups excluding tert-OH is 3. The van der Waals surface area contributed by atoms with Crippen LogP contribution in [0, 0.1) is 11.8 Å². The summed E-state index contributed by atoms with van der Waals surface area (Å²) in [6, 6.07) is 0.389. The van der Waals surface area contributed by atoms with Gasteiger partial charge in [0, 0.05) is 42.3 Å². The number of ether oxygens (including phenoxy) is 1. The lowest BCUT2D eigenvalue weighted by Gasteiger charge is -2.50. The minimum Gasteiger partial charge on any atom is -0.510 e. The summed E-state index contributed by atoms with van der Waals surface area (Å²) >= 11 is 0. The van der Waals surface area contributed by atoms with Crippen molar-refractivity contribution in [3.63, 3.8) is 0 Å². The average molecular weight is 558 g/mol. The Hall–Kier alpha value is -3.45. The molecule has 0 radical (unpaired) electrons. The number of amides is 1. The molecule has 1 saturated heterocycles. The molecule has 7 N–H and O–H groups in total. The maximum absolute atomic E-state index is 13.8. The van der Waals surface area contributed by atoms with Gasteiger partial charge in [0.25, 0.3) is 5.91 Å². The van der Waals surface area contributed by atoms with Gasteiger partial charge < -0.3 is 36.0 Å². The van der Waals surface area contributed by atoms with Crippen molar-refractivity contribution >= 4 is 17.5 Å². The number of fused-ring (bicyclic) bond motifs is 3. The van der Waals surface area contributed by atoms with Crippen molar-refractivity contribution < 1.29 is 44.7 Å². The lowest BCUT2D eigenvalue weighted by molar-refractivity contribution is -0.148. The molecule has 0 aromatic heterocycles. The predicted molar refractivity (Wildman–Crippen MR) is 141 cm³/mol. The summed E-state index contributed by atoms with van der Waals surface area (Å²) in [5.41, 5.74) is 2.66. The minimum absolute atomic E-state index is 0.00389. The van der Waals surface area contributed by atoms with Gasteiger partial charge >= 0.3 is 0 Å². The molecule has 216 valence electrons. The number of rotatable bonds is 5. The summed E-state index contributed by atoms with van der Waals surface area (Å²) in [6.07, 6.45) is 1.06. The molecule has 1 aromatic carbocycles. The normalized spacial score (nSPS) is 29.4. The van der Waals surface area contributed by atoms with Gasteiger partial charge in [0.1, 0.15) is 28.6 Å². The van der Waals surface area contributed by atoms with Crippen molar-refractivity contribution in [2.75, 3.05) is 34.3 Å². The summed E-state index contributed by atoms with van der Waals surface area (Å²) in [6.45, 7) is 1.75. The Morgan fingerprint density at radius 3 is 2.42 bits per heavy atom. The van der Waals surface area contributed by atoms with Gasteiger partial charge in [-0.1, -0.05) is 0 Å². The maximum atomic E-state index is 13.8. The van der Waals surface area contributed by atoms with Gasteiger partial charge in [-0.05, 0) is 51.8 Å². The standard InChI is InChI=1S/C28H35N3O9/c1-30(2)21-16-9-12-8-15-19(17(33)10-13(24(15)40-3)11-31-6-4-14(32)5-7-31)22(34)18(12)25(36)28(16,39)26(37)20(23(21)35)27(29)38/h10,12,14,16,21,32-33,35-36,39H,4-9,11H2,1-3H3,(H2,29,38)/t12-,16-,21-,28-/m0/s1. The number of nitrogens with two attached hydrogens (primary N) is 1. The number of carbonyl (C=O) groups is 3. The van der Waals surface area contributed by atoms with E-state index in [-0.39, 0.29) is 35.8 Å². The number of nitrogens with zero attached hydrogens (tertiary/aromatic N) is 2. The lowest BCUT2D eigenvalue weighted by atomic mass is 9.58. The first-order valence-electron chi connectivity index (χ1n) is 13.3. The molecule has 0 saturated carbocycles. The Labute approximate surface area is 230 Å². The fourth-order valence-corrected chi connectivity index (χ4v) is 7.05. The van der Waals surface area contributed by atoms with E-state index >= 15 is 0 Å². The van der Waals surface area contributed by atoms with Crippen LogP contribution in [0.1, 0.15) is 40.7 Å². The molecule has 40 heavy (non-hydrogen) atoms. The second-order valence-electron chi connectivity index (χ2n) is 11.4. The van der Waals surface area contributed by atoms with Gasteiger partial charge in [0.15, 0.2) is 11.4 Å². The van der Waals surface area contributed by atoms with Gasteiger partial charge in [-0.2, -0.15) is 0 Å². The predicted octanol–water partition coefficient (Wildman–Crippen LogP) is 0.0859. The van der Waals surface area contributed by atoms with Crippen LogP contribution in [0.5, 0.6) is 11.5 Å². The van der Waals surface area contributed by atoms with E-state index in [1.165, 1.54) is 18.1 Å². The highest BCUT2D eigenvalue weighted by Gasteiger charge is 2.63. The van der Waals surface area contributed by atoms with Gasteiger partial charge in [0.05, 0.1) is 24.8 Å². The number of phenols is 1. The highest BCUT2D eigenvalue weighted by molar-refractivity contribution is 6.24. The second-order valence-corrected chi connectivity index (χ2v) is 11.4. The number of ketones is 2. The van der Waals surface area contributed by atoms with Crippen LogP contribution in [-0.4, -0.2) is 105 Å². The first kappa shape index (κ1) is 28.1. The highest BCUT2D eigenvalue weighted by Crippen LogP contribution is 2.53. The Morgan fingerprint density at radius 1 is 1.20 bits per heavy atom. The van der Waals surface area contributed by atoms with Crippen LogP contribution in [0.15, 0.2) is 28.7 Å².